The van der Waals surface area contributed by atoms with Gasteiger partial charge in [-0.2, -0.15) is 0 Å². The molecular weight excluding hydrogens is 342 g/mol. The molecule has 1 heterocycles. The molecule has 0 fully saturated rings. The van der Waals surface area contributed by atoms with E-state index in [2.05, 4.69) is 61.8 Å². The third-order valence-corrected chi connectivity index (χ3v) is 5.58. The second-order valence-electron chi connectivity index (χ2n) is 6.86. The molecule has 0 amide bonds. The van der Waals surface area contributed by atoms with Crippen LogP contribution in [-0.2, 0) is 6.54 Å². The van der Waals surface area contributed by atoms with Gasteiger partial charge in [0.15, 0.2) is 0 Å². The summed E-state index contributed by atoms with van der Waals surface area (Å²) in [6.45, 7) is 11.1. The first-order valence-corrected chi connectivity index (χ1v) is 10.1. The highest BCUT2D eigenvalue weighted by molar-refractivity contribution is 7.99. The molecule has 4 nitrogen and oxygen atoms in total. The second kappa shape index (κ2) is 9.95. The number of benzene rings is 1. The fourth-order valence-corrected chi connectivity index (χ4v) is 3.53. The Kier molecular flexibility index (Phi) is 7.94. The van der Waals surface area contributed by atoms with E-state index < -0.39 is 0 Å². The van der Waals surface area contributed by atoms with Crippen LogP contribution >= 0.6 is 11.8 Å². The maximum atomic E-state index is 5.80. The van der Waals surface area contributed by atoms with Gasteiger partial charge < -0.3 is 10.5 Å². The summed E-state index contributed by atoms with van der Waals surface area (Å²) in [5, 5.41) is 0.617. The van der Waals surface area contributed by atoms with Crippen molar-refractivity contribution in [3.63, 3.8) is 0 Å². The van der Waals surface area contributed by atoms with Gasteiger partial charge in [0, 0.05) is 42.5 Å². The fraction of sp³-hybridized carbons (Fsp3) is 0.476. The molecule has 5 heteroatoms. The van der Waals surface area contributed by atoms with E-state index in [0.29, 0.717) is 11.8 Å². The average Bonchev–Trinajstić information content (AvgIpc) is 2.62. The predicted octanol–water partition coefficient (Wildman–Crippen LogP) is 4.23. The van der Waals surface area contributed by atoms with Gasteiger partial charge in [0.05, 0.1) is 12.8 Å². The lowest BCUT2D eigenvalue weighted by Gasteiger charge is -2.22. The van der Waals surface area contributed by atoms with E-state index in [1.165, 1.54) is 16.7 Å². The number of rotatable bonds is 9. The van der Waals surface area contributed by atoms with Gasteiger partial charge in [-0.3, -0.25) is 9.88 Å². The van der Waals surface area contributed by atoms with Crippen molar-refractivity contribution in [3.05, 3.63) is 47.2 Å². The monoisotopic (exact) mass is 373 g/mol. The summed E-state index contributed by atoms with van der Waals surface area (Å²) >= 11 is 1.95. The smallest absolute Gasteiger partial charge is 0.122 e. The van der Waals surface area contributed by atoms with E-state index in [1.807, 2.05) is 18.0 Å². The topological polar surface area (TPSA) is 51.4 Å². The van der Waals surface area contributed by atoms with Crippen LogP contribution in [0.2, 0.25) is 0 Å². The van der Waals surface area contributed by atoms with Crippen molar-refractivity contribution in [1.82, 2.24) is 9.88 Å². The van der Waals surface area contributed by atoms with Crippen LogP contribution < -0.4 is 10.5 Å². The van der Waals surface area contributed by atoms with Crippen LogP contribution in [0.4, 0.5) is 0 Å². The molecule has 0 radical (unpaired) electrons. The van der Waals surface area contributed by atoms with Crippen LogP contribution in [0.3, 0.4) is 0 Å². The fourth-order valence-electron chi connectivity index (χ4n) is 2.80. The number of thioether (sulfide) groups is 1. The number of hydrogen-bond acceptors (Lipinski definition) is 5. The minimum atomic E-state index is 0.617. The zero-order valence-electron chi connectivity index (χ0n) is 16.6. The summed E-state index contributed by atoms with van der Waals surface area (Å²) in [4.78, 5) is 6.97. The summed E-state index contributed by atoms with van der Waals surface area (Å²) < 4.78 is 5.52. The molecule has 1 aromatic heterocycles. The molecule has 0 aliphatic rings. The van der Waals surface area contributed by atoms with Crippen molar-refractivity contribution in [2.24, 2.45) is 5.73 Å². The standard InChI is InChI=1S/C21H31N3OS/c1-15(2)26-14-24(9-7-22)13-18-6-8-23-20(11-18)19-10-16(3)17(4)21(12-19)25-5/h6,8,10-12,15H,7,9,13-14,22H2,1-5H3. The van der Waals surface area contributed by atoms with Crippen molar-refractivity contribution in [3.8, 4) is 17.0 Å². The van der Waals surface area contributed by atoms with Gasteiger partial charge in [0.2, 0.25) is 0 Å². The molecule has 0 atom stereocenters. The van der Waals surface area contributed by atoms with Crippen LogP contribution in [0.25, 0.3) is 11.3 Å². The van der Waals surface area contributed by atoms with Crippen LogP contribution in [0.15, 0.2) is 30.5 Å². The Morgan fingerprint density at radius 3 is 2.65 bits per heavy atom. The average molecular weight is 374 g/mol. The summed E-state index contributed by atoms with van der Waals surface area (Å²) in [5.74, 6) is 1.90. The van der Waals surface area contributed by atoms with E-state index in [0.717, 1.165) is 36.0 Å². The Morgan fingerprint density at radius 2 is 2.00 bits per heavy atom. The van der Waals surface area contributed by atoms with E-state index in [-0.39, 0.29) is 0 Å². The second-order valence-corrected chi connectivity index (χ2v) is 8.39. The predicted molar refractivity (Wildman–Crippen MR) is 113 cm³/mol. The Morgan fingerprint density at radius 1 is 1.23 bits per heavy atom. The molecule has 2 N–H and O–H groups in total. The molecule has 0 unspecified atom stereocenters. The van der Waals surface area contributed by atoms with Crippen LogP contribution in [-0.4, -0.2) is 41.2 Å². The summed E-state index contributed by atoms with van der Waals surface area (Å²) in [7, 11) is 1.71. The number of nitrogens with two attached hydrogens (primary N) is 1. The lowest BCUT2D eigenvalue weighted by molar-refractivity contribution is 0.322. The van der Waals surface area contributed by atoms with Crippen molar-refractivity contribution in [2.45, 2.75) is 39.5 Å². The largest absolute Gasteiger partial charge is 0.496 e. The zero-order chi connectivity index (χ0) is 19.1. The quantitative estimate of drug-likeness (QED) is 0.667. The highest BCUT2D eigenvalue weighted by atomic mass is 32.2. The van der Waals surface area contributed by atoms with Gasteiger partial charge in [0.25, 0.3) is 0 Å². The first kappa shape index (κ1) is 20.7. The Labute approximate surface area is 162 Å². The normalized spacial score (nSPS) is 11.4. The first-order chi connectivity index (χ1) is 12.4. The van der Waals surface area contributed by atoms with Crippen molar-refractivity contribution >= 4 is 11.8 Å². The van der Waals surface area contributed by atoms with Crippen LogP contribution in [0.1, 0.15) is 30.5 Å². The van der Waals surface area contributed by atoms with Gasteiger partial charge in [-0.05, 0) is 54.8 Å². The minimum absolute atomic E-state index is 0.617. The third kappa shape index (κ3) is 5.73. The molecule has 0 bridgehead atoms. The molecule has 0 saturated heterocycles. The van der Waals surface area contributed by atoms with Crippen molar-refractivity contribution in [2.75, 3.05) is 26.1 Å². The number of aromatic nitrogens is 1. The number of nitrogens with zero attached hydrogens (tertiary/aromatic N) is 2. The SMILES string of the molecule is COc1cc(-c2cc(CN(CCN)CSC(C)C)ccn2)cc(C)c1C. The molecule has 1 aromatic carbocycles. The number of ether oxygens (including phenoxy) is 1. The van der Waals surface area contributed by atoms with E-state index >= 15 is 0 Å². The van der Waals surface area contributed by atoms with E-state index in [1.54, 1.807) is 7.11 Å². The number of pyridine rings is 1. The Balaban J connectivity index is 2.23. The van der Waals surface area contributed by atoms with Crippen LogP contribution in [0.5, 0.6) is 5.75 Å². The third-order valence-electron chi connectivity index (χ3n) is 4.40. The molecule has 0 saturated carbocycles. The summed E-state index contributed by atoms with van der Waals surface area (Å²) in [6.07, 6.45) is 1.89. The summed E-state index contributed by atoms with van der Waals surface area (Å²) in [5.41, 5.74) is 11.5. The zero-order valence-corrected chi connectivity index (χ0v) is 17.4. The number of methoxy groups -OCH3 is 1. The van der Waals surface area contributed by atoms with Gasteiger partial charge >= 0.3 is 0 Å². The Hall–Kier alpha value is -1.56. The van der Waals surface area contributed by atoms with Gasteiger partial charge in [-0.25, -0.2) is 0 Å². The van der Waals surface area contributed by atoms with Crippen molar-refractivity contribution < 1.29 is 4.74 Å². The van der Waals surface area contributed by atoms with Gasteiger partial charge in [0.1, 0.15) is 5.75 Å². The Bertz CT molecular complexity index is 718. The molecule has 142 valence electrons. The molecule has 0 aliphatic heterocycles. The molecular formula is C21H31N3OS. The molecule has 0 spiro atoms. The highest BCUT2D eigenvalue weighted by Crippen LogP contribution is 2.29. The van der Waals surface area contributed by atoms with Gasteiger partial charge in [-0.1, -0.05) is 13.8 Å². The first-order valence-electron chi connectivity index (χ1n) is 9.09. The van der Waals surface area contributed by atoms with Crippen molar-refractivity contribution in [1.29, 1.82) is 0 Å². The number of aryl methyl sites for hydroxylation is 1. The molecule has 26 heavy (non-hydrogen) atoms. The lowest BCUT2D eigenvalue weighted by Crippen LogP contribution is -2.29. The van der Waals surface area contributed by atoms with Gasteiger partial charge in [-0.15, -0.1) is 11.8 Å². The lowest BCUT2D eigenvalue weighted by atomic mass is 10.0. The molecule has 0 aliphatic carbocycles. The minimum Gasteiger partial charge on any atom is -0.496 e. The molecule has 2 rings (SSSR count). The highest BCUT2D eigenvalue weighted by Gasteiger charge is 2.10. The maximum absolute atomic E-state index is 5.80. The maximum Gasteiger partial charge on any atom is 0.122 e. The molecule has 2 aromatic rings. The van der Waals surface area contributed by atoms with E-state index in [4.69, 9.17) is 10.5 Å². The van der Waals surface area contributed by atoms with E-state index in [9.17, 15) is 0 Å². The summed E-state index contributed by atoms with van der Waals surface area (Å²) in [6, 6.07) is 8.51. The van der Waals surface area contributed by atoms with Crippen LogP contribution in [0, 0.1) is 13.8 Å². The number of hydrogen-bond donors (Lipinski definition) is 1.